The van der Waals surface area contributed by atoms with Crippen molar-refractivity contribution >= 4 is 29.5 Å². The van der Waals surface area contributed by atoms with E-state index in [1.807, 2.05) is 59.5 Å². The topological polar surface area (TPSA) is 87.2 Å². The van der Waals surface area contributed by atoms with Gasteiger partial charge in [0.05, 0.1) is 29.2 Å². The zero-order valence-electron chi connectivity index (χ0n) is 23.5. The molecule has 1 aromatic rings. The minimum atomic E-state index is -0.930. The van der Waals surface area contributed by atoms with Crippen LogP contribution in [0.25, 0.3) is 0 Å². The largest absolute Gasteiger partial charge is 0.461 e. The van der Waals surface area contributed by atoms with Crippen molar-refractivity contribution in [2.75, 3.05) is 19.8 Å². The smallest absolute Gasteiger partial charge is 0.311 e. The molecule has 2 saturated heterocycles. The molecule has 0 saturated carbocycles. The van der Waals surface area contributed by atoms with E-state index in [0.29, 0.717) is 13.0 Å². The van der Waals surface area contributed by atoms with E-state index in [9.17, 15) is 19.5 Å². The lowest BCUT2D eigenvalue weighted by Crippen LogP contribution is -2.60. The summed E-state index contributed by atoms with van der Waals surface area (Å²) in [4.78, 5) is 46.0. The molecular formula is C31H40N2O5S. The Labute approximate surface area is 235 Å². The van der Waals surface area contributed by atoms with E-state index in [2.05, 4.69) is 34.6 Å². The van der Waals surface area contributed by atoms with Crippen molar-refractivity contribution in [3.05, 3.63) is 60.2 Å². The number of hydrogen-bond donors (Lipinski definition) is 1. The fraction of sp³-hybridized carbons (Fsp3) is 0.581. The van der Waals surface area contributed by atoms with Crippen LogP contribution in [0.2, 0.25) is 0 Å². The van der Waals surface area contributed by atoms with Crippen LogP contribution in [0.1, 0.15) is 46.6 Å². The van der Waals surface area contributed by atoms with E-state index in [0.717, 1.165) is 12.0 Å². The Balaban J connectivity index is 1.62. The van der Waals surface area contributed by atoms with Crippen molar-refractivity contribution < 1.29 is 24.2 Å². The molecule has 1 unspecified atom stereocenters. The average molecular weight is 553 g/mol. The van der Waals surface area contributed by atoms with Crippen LogP contribution in [-0.2, 0) is 25.5 Å². The number of nitrogens with zero attached hydrogens (tertiary/aromatic N) is 2. The number of aliphatic hydroxyl groups excluding tert-OH is 1. The predicted molar refractivity (Wildman–Crippen MR) is 152 cm³/mol. The minimum Gasteiger partial charge on any atom is -0.461 e. The van der Waals surface area contributed by atoms with Crippen LogP contribution < -0.4 is 0 Å². The molecule has 4 aliphatic rings. The Bertz CT molecular complexity index is 1190. The van der Waals surface area contributed by atoms with E-state index >= 15 is 0 Å². The van der Waals surface area contributed by atoms with Gasteiger partial charge in [-0.1, -0.05) is 75.4 Å². The summed E-state index contributed by atoms with van der Waals surface area (Å²) >= 11 is 1.53. The average Bonchev–Trinajstić information content (AvgIpc) is 3.16. The highest BCUT2D eigenvalue weighted by Gasteiger charge is 2.72. The van der Waals surface area contributed by atoms with Crippen LogP contribution in [0.3, 0.4) is 0 Å². The Morgan fingerprint density at radius 2 is 1.79 bits per heavy atom. The summed E-state index contributed by atoms with van der Waals surface area (Å²) < 4.78 is 4.55. The zero-order valence-corrected chi connectivity index (χ0v) is 24.3. The first-order valence-electron chi connectivity index (χ1n) is 13.9. The fourth-order valence-electron chi connectivity index (χ4n) is 7.38. The van der Waals surface area contributed by atoms with Gasteiger partial charge in [-0.2, -0.15) is 0 Å². The van der Waals surface area contributed by atoms with Crippen molar-refractivity contribution in [2.45, 2.75) is 75.1 Å². The third-order valence-electron chi connectivity index (χ3n) is 8.46. The molecule has 39 heavy (non-hydrogen) atoms. The summed E-state index contributed by atoms with van der Waals surface area (Å²) in [6.07, 6.45) is 9.00. The molecule has 1 aromatic carbocycles. The van der Waals surface area contributed by atoms with Crippen molar-refractivity contribution in [3.8, 4) is 0 Å². The van der Waals surface area contributed by atoms with Crippen molar-refractivity contribution in [1.29, 1.82) is 0 Å². The van der Waals surface area contributed by atoms with Gasteiger partial charge < -0.3 is 19.6 Å². The van der Waals surface area contributed by atoms with E-state index < -0.39 is 40.2 Å². The molecule has 1 N–H and O–H groups in total. The van der Waals surface area contributed by atoms with E-state index in [1.54, 1.807) is 4.90 Å². The summed E-state index contributed by atoms with van der Waals surface area (Å²) in [7, 11) is 0. The van der Waals surface area contributed by atoms with Gasteiger partial charge in [-0.3, -0.25) is 14.4 Å². The van der Waals surface area contributed by atoms with Gasteiger partial charge in [0.15, 0.2) is 0 Å². The molecule has 4 heterocycles. The number of thioether (sulfide) groups is 1. The molecule has 8 heteroatoms. The van der Waals surface area contributed by atoms with Crippen LogP contribution >= 0.6 is 11.8 Å². The predicted octanol–water partition coefficient (Wildman–Crippen LogP) is 3.61. The van der Waals surface area contributed by atoms with Gasteiger partial charge in [0.25, 0.3) is 0 Å². The van der Waals surface area contributed by atoms with Crippen molar-refractivity contribution in [1.82, 2.24) is 9.80 Å². The van der Waals surface area contributed by atoms with E-state index in [1.165, 1.54) is 11.8 Å². The number of ether oxygens (including phenoxy) is 1. The van der Waals surface area contributed by atoms with E-state index in [4.69, 9.17) is 4.74 Å². The van der Waals surface area contributed by atoms with Gasteiger partial charge in [-0.25, -0.2) is 0 Å². The Morgan fingerprint density at radius 3 is 2.46 bits per heavy atom. The Morgan fingerprint density at radius 1 is 1.08 bits per heavy atom. The first-order chi connectivity index (χ1) is 18.4. The lowest BCUT2D eigenvalue weighted by Gasteiger charge is -2.45. The number of cyclic esters (lactones) is 1. The molecule has 4 aliphatic heterocycles. The minimum absolute atomic E-state index is 0.0179. The normalized spacial score (nSPS) is 31.4. The molecule has 7 nitrogen and oxygen atoms in total. The second-order valence-electron chi connectivity index (χ2n) is 13.1. The maximum absolute atomic E-state index is 14.7. The van der Waals surface area contributed by atoms with Crippen LogP contribution in [0.5, 0.6) is 0 Å². The number of esters is 1. The summed E-state index contributed by atoms with van der Waals surface area (Å²) in [5.74, 6) is -2.21. The molecule has 2 amide bonds. The molecule has 0 aromatic heterocycles. The molecule has 1 spiro atoms. The highest BCUT2D eigenvalue weighted by Crippen LogP contribution is 2.61. The summed E-state index contributed by atoms with van der Waals surface area (Å²) in [6, 6.07) is 8.26. The Kier molecular flexibility index (Phi) is 7.25. The molecule has 5 rings (SSSR count). The number of carbonyl (C=O) groups is 3. The number of aliphatic hydroxyl groups is 1. The van der Waals surface area contributed by atoms with Crippen molar-refractivity contribution in [3.63, 3.8) is 0 Å². The quantitative estimate of drug-likeness (QED) is 0.429. The fourth-order valence-corrected chi connectivity index (χ4v) is 9.36. The first kappa shape index (κ1) is 28.0. The molecule has 0 bridgehead atoms. The van der Waals surface area contributed by atoms with Gasteiger partial charge >= 0.3 is 5.97 Å². The number of rotatable bonds is 6. The van der Waals surface area contributed by atoms with Gasteiger partial charge in [0.1, 0.15) is 12.6 Å². The Hall–Kier alpha value is -2.58. The van der Waals surface area contributed by atoms with Crippen LogP contribution in [0.15, 0.2) is 54.6 Å². The van der Waals surface area contributed by atoms with Crippen LogP contribution in [0, 0.1) is 17.3 Å². The first-order valence-corrected chi connectivity index (χ1v) is 14.7. The lowest BCUT2D eigenvalue weighted by atomic mass is 9.78. The maximum Gasteiger partial charge on any atom is 0.311 e. The lowest BCUT2D eigenvalue weighted by molar-refractivity contribution is -0.152. The van der Waals surface area contributed by atoms with Gasteiger partial charge in [-0.15, -0.1) is 11.8 Å². The molecular weight excluding hydrogens is 512 g/mol. The second kappa shape index (κ2) is 10.1. The van der Waals surface area contributed by atoms with Gasteiger partial charge in [0, 0.05) is 17.3 Å². The van der Waals surface area contributed by atoms with Crippen LogP contribution in [0.4, 0.5) is 0 Å². The van der Waals surface area contributed by atoms with Crippen molar-refractivity contribution in [2.24, 2.45) is 17.3 Å². The zero-order chi connectivity index (χ0) is 28.2. The molecule has 0 radical (unpaired) electrons. The highest BCUT2D eigenvalue weighted by molar-refractivity contribution is 8.02. The number of likely N-dealkylation sites (tertiary alicyclic amines) is 1. The molecule has 6 atom stereocenters. The number of hydrogen-bond acceptors (Lipinski definition) is 6. The third-order valence-corrected chi connectivity index (χ3v) is 10.2. The second-order valence-corrected chi connectivity index (χ2v) is 14.6. The molecule has 0 aliphatic carbocycles. The maximum atomic E-state index is 14.7. The highest BCUT2D eigenvalue weighted by atomic mass is 32.2. The molecule has 2 fully saturated rings. The summed E-state index contributed by atoms with van der Waals surface area (Å²) in [5.41, 5.74) is 0.480. The number of benzene rings is 1. The monoisotopic (exact) mass is 552 g/mol. The number of amides is 2. The summed E-state index contributed by atoms with van der Waals surface area (Å²) in [5, 5.41) is 10.4. The molecule has 210 valence electrons. The van der Waals surface area contributed by atoms with Gasteiger partial charge in [0.2, 0.25) is 11.8 Å². The number of fused-ring (bicyclic) bond motifs is 2. The van der Waals surface area contributed by atoms with Crippen LogP contribution in [-0.4, -0.2) is 80.1 Å². The van der Waals surface area contributed by atoms with Gasteiger partial charge in [-0.05, 0) is 37.7 Å². The van der Waals surface area contributed by atoms with E-state index in [-0.39, 0.29) is 35.7 Å². The standard InChI is InChI=1S/C31H40N2O5S/c1-29(2,3)19-30(4,5)32-15-10-14-31-24(23-22(39-31)13-9-16-38-28(23)37)26(35)33(25(31)27(32)36)21(18-34)17-20-11-7-6-8-12-20/h6-14,21-25,34H,15-19H2,1-5H3/t21-,22-,23+,24+,25?,31+/m1/s1. The third kappa shape index (κ3) is 4.84. The SMILES string of the molecule is CC(C)(C)CC(C)(C)N1CC=C[C@]23S[C@@H]4C=CCOC(=O)[C@@H]4[C@H]2C(=O)N([C@@H](CO)Cc2ccccc2)C3C1=O. The number of carbonyl (C=O) groups excluding carboxylic acids is 3. The summed E-state index contributed by atoms with van der Waals surface area (Å²) in [6.45, 7) is 11.0.